The maximum Gasteiger partial charge on any atom is 0.137 e. The molecule has 0 spiro atoms. The molecule has 2 rings (SSSR count). The van der Waals surface area contributed by atoms with Gasteiger partial charge in [0.1, 0.15) is 11.9 Å². The zero-order valence-corrected chi connectivity index (χ0v) is 10.6. The lowest BCUT2D eigenvalue weighted by molar-refractivity contribution is 0.161. The van der Waals surface area contributed by atoms with Crippen LogP contribution in [0.3, 0.4) is 0 Å². The molecule has 1 heterocycles. The normalized spacial score (nSPS) is 17.9. The molecule has 0 amide bonds. The predicted molar refractivity (Wildman–Crippen MR) is 68.6 cm³/mol. The van der Waals surface area contributed by atoms with Crippen LogP contribution in [-0.2, 0) is 6.54 Å². The molecule has 0 saturated heterocycles. The summed E-state index contributed by atoms with van der Waals surface area (Å²) in [4.78, 5) is 4.29. The average Bonchev–Trinajstić information content (AvgIpc) is 2.79. The van der Waals surface area contributed by atoms with E-state index in [4.69, 9.17) is 0 Å². The highest BCUT2D eigenvalue weighted by atomic mass is 16.3. The summed E-state index contributed by atoms with van der Waals surface area (Å²) in [5.41, 5.74) is 1.40. The van der Waals surface area contributed by atoms with Gasteiger partial charge in [0.25, 0.3) is 0 Å². The summed E-state index contributed by atoms with van der Waals surface area (Å²) in [6.07, 6.45) is 12.3. The van der Waals surface area contributed by atoms with E-state index in [-0.39, 0.29) is 0 Å². The van der Waals surface area contributed by atoms with Crippen molar-refractivity contribution in [3.63, 3.8) is 0 Å². The van der Waals surface area contributed by atoms with Crippen molar-refractivity contribution in [1.29, 1.82) is 0 Å². The topological polar surface area (TPSA) is 38.0 Å². The summed E-state index contributed by atoms with van der Waals surface area (Å²) in [6.45, 7) is 3.07. The fraction of sp³-hybridized carbons (Fsp3) is 0.643. The second-order valence-corrected chi connectivity index (χ2v) is 4.81. The number of allylic oxidation sites excluding steroid dienone is 1. The largest absolute Gasteiger partial charge is 0.385 e. The predicted octanol–water partition coefficient (Wildman–Crippen LogP) is 3.22. The van der Waals surface area contributed by atoms with Gasteiger partial charge in [0.05, 0.1) is 0 Å². The third-order valence-electron chi connectivity index (χ3n) is 3.35. The highest BCUT2D eigenvalue weighted by Gasteiger charge is 2.16. The number of hydrogen-bond donors (Lipinski definition) is 1. The van der Waals surface area contributed by atoms with E-state index in [0.29, 0.717) is 0 Å². The minimum Gasteiger partial charge on any atom is -0.385 e. The van der Waals surface area contributed by atoms with Crippen molar-refractivity contribution in [3.8, 4) is 0 Å². The number of hydrogen-bond acceptors (Lipinski definition) is 2. The Bertz CT molecular complexity index is 381. The van der Waals surface area contributed by atoms with Gasteiger partial charge in [0.2, 0.25) is 0 Å². The molecular formula is C14H22N2O. The Balaban J connectivity index is 2.00. The van der Waals surface area contributed by atoms with E-state index in [2.05, 4.69) is 22.6 Å². The summed E-state index contributed by atoms with van der Waals surface area (Å²) < 4.78 is 2.06. The minimum atomic E-state index is -0.444. The Morgan fingerprint density at radius 3 is 3.06 bits per heavy atom. The van der Waals surface area contributed by atoms with E-state index in [9.17, 15) is 5.11 Å². The van der Waals surface area contributed by atoms with Crippen molar-refractivity contribution in [2.24, 2.45) is 0 Å². The molecule has 3 heteroatoms. The van der Waals surface area contributed by atoms with Gasteiger partial charge in [0.15, 0.2) is 0 Å². The summed E-state index contributed by atoms with van der Waals surface area (Å²) >= 11 is 0. The van der Waals surface area contributed by atoms with Gasteiger partial charge in [-0.1, -0.05) is 18.6 Å². The molecule has 0 fully saturated rings. The number of aliphatic hydroxyl groups is 1. The number of rotatable bonds is 5. The zero-order chi connectivity index (χ0) is 12.1. The molecule has 1 unspecified atom stereocenters. The van der Waals surface area contributed by atoms with Crippen LogP contribution in [0.5, 0.6) is 0 Å². The number of aliphatic hydroxyl groups excluding tert-OH is 1. The molecular weight excluding hydrogens is 212 g/mol. The minimum absolute atomic E-state index is 0.444. The Hall–Kier alpha value is -1.09. The zero-order valence-electron chi connectivity index (χ0n) is 10.6. The molecule has 0 saturated carbocycles. The van der Waals surface area contributed by atoms with E-state index < -0.39 is 6.10 Å². The molecule has 0 aliphatic heterocycles. The Labute approximate surface area is 103 Å². The molecule has 17 heavy (non-hydrogen) atoms. The lowest BCUT2D eigenvalue weighted by Gasteiger charge is -2.17. The molecule has 0 radical (unpaired) electrons. The highest BCUT2D eigenvalue weighted by Crippen LogP contribution is 2.26. The second-order valence-electron chi connectivity index (χ2n) is 4.81. The van der Waals surface area contributed by atoms with Gasteiger partial charge in [-0.15, -0.1) is 0 Å². The monoisotopic (exact) mass is 234 g/mol. The van der Waals surface area contributed by atoms with Crippen molar-refractivity contribution >= 4 is 0 Å². The third kappa shape index (κ3) is 3.19. The summed E-state index contributed by atoms with van der Waals surface area (Å²) in [6, 6.07) is 0. The van der Waals surface area contributed by atoms with Crippen molar-refractivity contribution in [3.05, 3.63) is 29.9 Å². The molecule has 0 aromatic carbocycles. The molecule has 1 aromatic heterocycles. The van der Waals surface area contributed by atoms with E-state index in [0.717, 1.165) is 31.6 Å². The summed E-state index contributed by atoms with van der Waals surface area (Å²) in [5.74, 6) is 0.818. The second kappa shape index (κ2) is 6.01. The van der Waals surface area contributed by atoms with Gasteiger partial charge in [0, 0.05) is 25.4 Å². The molecule has 1 aromatic rings. The van der Waals surface area contributed by atoms with Gasteiger partial charge in [-0.3, -0.25) is 0 Å². The third-order valence-corrected chi connectivity index (χ3v) is 3.35. The number of aromatic nitrogens is 2. The van der Waals surface area contributed by atoms with Crippen LogP contribution < -0.4 is 0 Å². The van der Waals surface area contributed by atoms with Crippen LogP contribution in [-0.4, -0.2) is 14.7 Å². The maximum atomic E-state index is 10.2. The Kier molecular flexibility index (Phi) is 4.37. The van der Waals surface area contributed by atoms with Crippen LogP contribution >= 0.6 is 0 Å². The van der Waals surface area contributed by atoms with E-state index in [1.165, 1.54) is 24.8 Å². The van der Waals surface area contributed by atoms with Crippen LogP contribution in [0.2, 0.25) is 0 Å². The first-order chi connectivity index (χ1) is 8.31. The lowest BCUT2D eigenvalue weighted by atomic mass is 9.95. The van der Waals surface area contributed by atoms with Crippen LogP contribution in [0.4, 0.5) is 0 Å². The maximum absolute atomic E-state index is 10.2. The van der Waals surface area contributed by atoms with Gasteiger partial charge < -0.3 is 9.67 Å². The van der Waals surface area contributed by atoms with E-state index in [1.54, 1.807) is 6.20 Å². The number of nitrogens with zero attached hydrogens (tertiary/aromatic N) is 2. The first-order valence-electron chi connectivity index (χ1n) is 6.68. The Morgan fingerprint density at radius 1 is 1.47 bits per heavy atom. The van der Waals surface area contributed by atoms with Crippen molar-refractivity contribution in [2.75, 3.05) is 0 Å². The molecule has 3 nitrogen and oxygen atoms in total. The molecule has 1 aliphatic carbocycles. The number of imidazole rings is 1. The van der Waals surface area contributed by atoms with Crippen LogP contribution in [0, 0.1) is 0 Å². The van der Waals surface area contributed by atoms with Crippen molar-refractivity contribution < 1.29 is 5.11 Å². The smallest absolute Gasteiger partial charge is 0.137 e. The van der Waals surface area contributed by atoms with Crippen LogP contribution in [0.1, 0.15) is 57.4 Å². The molecule has 1 N–H and O–H groups in total. The standard InChI is InChI=1S/C14H22N2O/c1-2-9-16-10-8-15-14(16)13(17)11-12-6-4-3-5-7-12/h6,8,10,13,17H,2-5,7,9,11H2,1H3. The van der Waals surface area contributed by atoms with E-state index >= 15 is 0 Å². The first-order valence-corrected chi connectivity index (χ1v) is 6.68. The molecule has 94 valence electrons. The molecule has 0 bridgehead atoms. The average molecular weight is 234 g/mol. The highest BCUT2D eigenvalue weighted by molar-refractivity contribution is 5.09. The molecule has 1 atom stereocenters. The van der Waals surface area contributed by atoms with Crippen LogP contribution in [0.15, 0.2) is 24.0 Å². The summed E-state index contributed by atoms with van der Waals surface area (Å²) in [5, 5.41) is 10.2. The Morgan fingerprint density at radius 2 is 2.35 bits per heavy atom. The fourth-order valence-corrected chi connectivity index (χ4v) is 2.48. The van der Waals surface area contributed by atoms with Gasteiger partial charge >= 0.3 is 0 Å². The van der Waals surface area contributed by atoms with Crippen LogP contribution in [0.25, 0.3) is 0 Å². The van der Waals surface area contributed by atoms with Gasteiger partial charge in [-0.2, -0.15) is 0 Å². The fourth-order valence-electron chi connectivity index (χ4n) is 2.48. The summed E-state index contributed by atoms with van der Waals surface area (Å²) in [7, 11) is 0. The van der Waals surface area contributed by atoms with Crippen molar-refractivity contribution in [2.45, 2.75) is 58.1 Å². The van der Waals surface area contributed by atoms with E-state index in [1.807, 2.05) is 6.20 Å². The van der Waals surface area contributed by atoms with Crippen molar-refractivity contribution in [1.82, 2.24) is 9.55 Å². The lowest BCUT2D eigenvalue weighted by Crippen LogP contribution is -2.10. The number of aryl methyl sites for hydroxylation is 1. The quantitative estimate of drug-likeness (QED) is 0.794. The van der Waals surface area contributed by atoms with Gasteiger partial charge in [-0.05, 0) is 32.1 Å². The van der Waals surface area contributed by atoms with Gasteiger partial charge in [-0.25, -0.2) is 4.98 Å². The molecule has 1 aliphatic rings. The first kappa shape index (κ1) is 12.4. The SMILES string of the molecule is CCCn1ccnc1C(O)CC1=CCCCC1.